The van der Waals surface area contributed by atoms with Gasteiger partial charge in [0, 0.05) is 30.2 Å². The van der Waals surface area contributed by atoms with Crippen molar-refractivity contribution >= 4 is 16.8 Å². The van der Waals surface area contributed by atoms with Crippen molar-refractivity contribution in [3.05, 3.63) is 35.5 Å². The number of morpholine rings is 1. The Morgan fingerprint density at radius 3 is 3.04 bits per heavy atom. The normalized spacial score (nSPS) is 21.5. The van der Waals surface area contributed by atoms with Crippen LogP contribution in [0.15, 0.2) is 24.4 Å². The minimum atomic E-state index is -0.251. The van der Waals surface area contributed by atoms with Gasteiger partial charge in [0.2, 0.25) is 5.91 Å². The third-order valence-electron chi connectivity index (χ3n) is 4.56. The first-order valence-electron chi connectivity index (χ1n) is 8.41. The maximum absolute atomic E-state index is 12.2. The molecule has 1 amide bonds. The molecule has 23 heavy (non-hydrogen) atoms. The minimum absolute atomic E-state index is 0.0197. The van der Waals surface area contributed by atoms with Crippen LogP contribution in [0.3, 0.4) is 0 Å². The molecule has 1 fully saturated rings. The summed E-state index contributed by atoms with van der Waals surface area (Å²) in [5.41, 5.74) is 3.79. The fraction of sp³-hybridized carbons (Fsp3) is 0.500. The molecule has 0 saturated carbocycles. The van der Waals surface area contributed by atoms with E-state index in [9.17, 15) is 4.79 Å². The van der Waals surface area contributed by atoms with Crippen molar-refractivity contribution in [3.8, 4) is 0 Å². The van der Waals surface area contributed by atoms with Gasteiger partial charge in [-0.05, 0) is 30.9 Å². The summed E-state index contributed by atoms with van der Waals surface area (Å²) in [6.45, 7) is 6.12. The van der Waals surface area contributed by atoms with Gasteiger partial charge in [0.1, 0.15) is 6.04 Å². The van der Waals surface area contributed by atoms with Gasteiger partial charge in [-0.2, -0.15) is 0 Å². The zero-order chi connectivity index (χ0) is 16.2. The second-order valence-electron chi connectivity index (χ2n) is 6.06. The summed E-state index contributed by atoms with van der Waals surface area (Å²) in [5.74, 6) is 0.0197. The molecule has 5 nitrogen and oxygen atoms in total. The largest absolute Gasteiger partial charge is 0.375 e. The van der Waals surface area contributed by atoms with Crippen molar-refractivity contribution in [2.75, 3.05) is 19.7 Å². The van der Waals surface area contributed by atoms with Crippen LogP contribution in [0.5, 0.6) is 0 Å². The third-order valence-corrected chi connectivity index (χ3v) is 4.56. The van der Waals surface area contributed by atoms with Crippen LogP contribution in [0, 0.1) is 0 Å². The number of para-hydroxylation sites is 1. The summed E-state index contributed by atoms with van der Waals surface area (Å²) in [4.78, 5) is 15.6. The lowest BCUT2D eigenvalue weighted by Crippen LogP contribution is -2.55. The first kappa shape index (κ1) is 16.0. The summed E-state index contributed by atoms with van der Waals surface area (Å²) < 4.78 is 5.52. The summed E-state index contributed by atoms with van der Waals surface area (Å²) >= 11 is 0. The van der Waals surface area contributed by atoms with Gasteiger partial charge in [0.05, 0.1) is 12.7 Å². The molecule has 124 valence electrons. The molecule has 3 N–H and O–H groups in total. The Morgan fingerprint density at radius 2 is 2.26 bits per heavy atom. The third kappa shape index (κ3) is 3.41. The van der Waals surface area contributed by atoms with Crippen LogP contribution in [-0.4, -0.2) is 42.7 Å². The van der Waals surface area contributed by atoms with E-state index in [0.717, 1.165) is 19.4 Å². The quantitative estimate of drug-likeness (QED) is 0.788. The maximum atomic E-state index is 12.2. The molecule has 3 rings (SSSR count). The highest BCUT2D eigenvalue weighted by molar-refractivity contribution is 5.86. The summed E-state index contributed by atoms with van der Waals surface area (Å²) in [7, 11) is 0. The fourth-order valence-electron chi connectivity index (χ4n) is 3.23. The number of hydrogen-bond donors (Lipinski definition) is 3. The Morgan fingerprint density at radius 1 is 1.39 bits per heavy atom. The lowest BCUT2D eigenvalue weighted by atomic mass is 10.1. The first-order chi connectivity index (χ1) is 11.2. The molecular weight excluding hydrogens is 290 g/mol. The van der Waals surface area contributed by atoms with E-state index in [-0.39, 0.29) is 18.1 Å². The smallest absolute Gasteiger partial charge is 0.239 e. The van der Waals surface area contributed by atoms with Crippen molar-refractivity contribution < 1.29 is 9.53 Å². The predicted octanol–water partition coefficient (Wildman–Crippen LogP) is 1.77. The van der Waals surface area contributed by atoms with Crippen molar-refractivity contribution in [1.29, 1.82) is 0 Å². The van der Waals surface area contributed by atoms with Crippen LogP contribution in [0.1, 0.15) is 25.0 Å². The van der Waals surface area contributed by atoms with Crippen LogP contribution >= 0.6 is 0 Å². The molecule has 1 aromatic carbocycles. The van der Waals surface area contributed by atoms with Crippen LogP contribution in [-0.2, 0) is 22.4 Å². The number of benzene rings is 1. The Balaban J connectivity index is 1.59. The second-order valence-corrected chi connectivity index (χ2v) is 6.06. The molecule has 1 aliphatic rings. The van der Waals surface area contributed by atoms with E-state index in [0.29, 0.717) is 13.2 Å². The van der Waals surface area contributed by atoms with Crippen LogP contribution in [0.2, 0.25) is 0 Å². The van der Waals surface area contributed by atoms with Crippen molar-refractivity contribution in [2.45, 2.75) is 38.8 Å². The molecule has 0 unspecified atom stereocenters. The lowest BCUT2D eigenvalue weighted by Gasteiger charge is -2.29. The number of carbonyl (C=O) groups excluding carboxylic acids is 1. The summed E-state index contributed by atoms with van der Waals surface area (Å²) in [5, 5.41) is 7.49. The van der Waals surface area contributed by atoms with Gasteiger partial charge >= 0.3 is 0 Å². The van der Waals surface area contributed by atoms with E-state index in [4.69, 9.17) is 4.74 Å². The van der Waals surface area contributed by atoms with Crippen LogP contribution in [0.25, 0.3) is 10.9 Å². The number of rotatable bonds is 5. The topological polar surface area (TPSA) is 66.2 Å². The van der Waals surface area contributed by atoms with E-state index in [1.165, 1.54) is 22.0 Å². The van der Waals surface area contributed by atoms with E-state index in [1.807, 2.05) is 6.92 Å². The van der Waals surface area contributed by atoms with Crippen LogP contribution < -0.4 is 10.6 Å². The number of carbonyl (C=O) groups is 1. The molecule has 0 spiro atoms. The average molecular weight is 315 g/mol. The van der Waals surface area contributed by atoms with Gasteiger partial charge in [-0.1, -0.05) is 25.1 Å². The van der Waals surface area contributed by atoms with Crippen molar-refractivity contribution in [1.82, 2.24) is 15.6 Å². The Bertz CT molecular complexity index is 680. The number of nitrogens with one attached hydrogen (secondary N) is 3. The van der Waals surface area contributed by atoms with Gasteiger partial charge < -0.3 is 20.4 Å². The summed E-state index contributed by atoms with van der Waals surface area (Å²) in [6, 6.07) is 6.14. The highest BCUT2D eigenvalue weighted by Crippen LogP contribution is 2.22. The highest BCUT2D eigenvalue weighted by atomic mass is 16.5. The second kappa shape index (κ2) is 7.15. The number of hydrogen-bond acceptors (Lipinski definition) is 3. The number of ether oxygens (including phenoxy) is 1. The minimum Gasteiger partial charge on any atom is -0.375 e. The molecule has 1 saturated heterocycles. The van der Waals surface area contributed by atoms with E-state index in [1.54, 1.807) is 0 Å². The first-order valence-corrected chi connectivity index (χ1v) is 8.41. The van der Waals surface area contributed by atoms with Gasteiger partial charge in [-0.3, -0.25) is 4.79 Å². The Labute approximate surface area is 136 Å². The van der Waals surface area contributed by atoms with E-state index >= 15 is 0 Å². The number of aromatic nitrogens is 1. The number of fused-ring (bicyclic) bond motifs is 1. The van der Waals surface area contributed by atoms with Crippen LogP contribution in [0.4, 0.5) is 0 Å². The van der Waals surface area contributed by atoms with Gasteiger partial charge in [0.15, 0.2) is 0 Å². The molecule has 1 aromatic heterocycles. The van der Waals surface area contributed by atoms with E-state index in [2.05, 4.69) is 46.9 Å². The number of H-pyrrole nitrogens is 1. The molecule has 0 bridgehead atoms. The molecule has 2 atom stereocenters. The van der Waals surface area contributed by atoms with E-state index < -0.39 is 0 Å². The van der Waals surface area contributed by atoms with Gasteiger partial charge in [-0.15, -0.1) is 0 Å². The van der Waals surface area contributed by atoms with Gasteiger partial charge in [-0.25, -0.2) is 0 Å². The molecule has 0 aliphatic carbocycles. The van der Waals surface area contributed by atoms with Gasteiger partial charge in [0.25, 0.3) is 0 Å². The lowest BCUT2D eigenvalue weighted by molar-refractivity contribution is -0.128. The molecule has 2 heterocycles. The standard InChI is InChI=1S/C18H25N3O2/c1-3-13-5-4-6-15-14(11-21-17(13)15)7-8-20-18(22)16-12(2)23-10-9-19-16/h4-6,11-12,16,19,21H,3,7-10H2,1-2H3,(H,20,22)/t12-,16+/m1/s1. The molecule has 1 aliphatic heterocycles. The zero-order valence-electron chi connectivity index (χ0n) is 13.8. The van der Waals surface area contributed by atoms with Crippen molar-refractivity contribution in [2.24, 2.45) is 0 Å². The predicted molar refractivity (Wildman–Crippen MR) is 91.6 cm³/mol. The Kier molecular flexibility index (Phi) is 4.98. The molecule has 0 radical (unpaired) electrons. The molecular formula is C18H25N3O2. The molecule has 5 heteroatoms. The SMILES string of the molecule is CCc1cccc2c(CCNC(=O)[C@H]3NCCO[C@@H]3C)c[nH]c12. The highest BCUT2D eigenvalue weighted by Gasteiger charge is 2.27. The maximum Gasteiger partial charge on any atom is 0.239 e. The van der Waals surface area contributed by atoms with Crippen molar-refractivity contribution in [3.63, 3.8) is 0 Å². The summed E-state index contributed by atoms with van der Waals surface area (Å²) in [6.07, 6.45) is 3.81. The molecule has 2 aromatic rings. The zero-order valence-corrected chi connectivity index (χ0v) is 13.8. The number of amides is 1. The monoisotopic (exact) mass is 315 g/mol. The number of aryl methyl sites for hydroxylation is 1. The average Bonchev–Trinajstić information content (AvgIpc) is 2.98. The Hall–Kier alpha value is -1.85. The fourth-order valence-corrected chi connectivity index (χ4v) is 3.23. The number of aromatic amines is 1.